The molecule has 0 heteroatoms. The Morgan fingerprint density at radius 3 is 2.00 bits per heavy atom. The highest BCUT2D eigenvalue weighted by atomic mass is 14.6. The average molecular weight is 250 g/mol. The lowest BCUT2D eigenvalue weighted by molar-refractivity contribution is 0.191. The van der Waals surface area contributed by atoms with Gasteiger partial charge in [0, 0.05) is 0 Å². The lowest BCUT2D eigenvalue weighted by Crippen LogP contribution is -2.23. The Hall–Kier alpha value is 0. The minimum Gasteiger partial charge on any atom is -0.0651 e. The maximum Gasteiger partial charge on any atom is -0.0321 e. The van der Waals surface area contributed by atoms with Gasteiger partial charge in [0.25, 0.3) is 0 Å². The molecule has 0 N–H and O–H groups in total. The summed E-state index contributed by atoms with van der Waals surface area (Å²) in [7, 11) is 0. The van der Waals surface area contributed by atoms with Gasteiger partial charge in [-0.05, 0) is 53.8 Å². The molecule has 8 unspecified atom stereocenters. The molecule has 0 aliphatic heterocycles. The van der Waals surface area contributed by atoms with Crippen LogP contribution in [0, 0.1) is 47.3 Å². The summed E-state index contributed by atoms with van der Waals surface area (Å²) in [5, 5.41) is 0. The van der Waals surface area contributed by atoms with Crippen molar-refractivity contribution in [3.63, 3.8) is 0 Å². The van der Waals surface area contributed by atoms with E-state index in [0.717, 1.165) is 47.3 Å². The molecule has 2 rings (SSSR count). The van der Waals surface area contributed by atoms with Crippen molar-refractivity contribution in [1.29, 1.82) is 0 Å². The molecular formula is C18H34. The van der Waals surface area contributed by atoms with Gasteiger partial charge in [-0.25, -0.2) is 0 Å². The highest BCUT2D eigenvalue weighted by Crippen LogP contribution is 2.62. The molecule has 0 amide bonds. The van der Waals surface area contributed by atoms with Crippen LogP contribution < -0.4 is 0 Å². The van der Waals surface area contributed by atoms with E-state index < -0.39 is 0 Å². The SMILES string of the molecule is CCC(C)C1C(C)CCC1C1C(C)C1C(C)CC. The summed E-state index contributed by atoms with van der Waals surface area (Å²) in [6, 6.07) is 0. The number of hydrogen-bond donors (Lipinski definition) is 0. The van der Waals surface area contributed by atoms with Crippen molar-refractivity contribution in [3.05, 3.63) is 0 Å². The Morgan fingerprint density at radius 2 is 1.44 bits per heavy atom. The fraction of sp³-hybridized carbons (Fsp3) is 1.00. The first-order valence-corrected chi connectivity index (χ1v) is 8.52. The zero-order chi connectivity index (χ0) is 13.4. The zero-order valence-corrected chi connectivity index (χ0v) is 13.4. The third-order valence-electron chi connectivity index (χ3n) is 6.72. The topological polar surface area (TPSA) is 0 Å². The number of rotatable bonds is 5. The van der Waals surface area contributed by atoms with Crippen molar-refractivity contribution in [3.8, 4) is 0 Å². The lowest BCUT2D eigenvalue weighted by atomic mass is 9.76. The summed E-state index contributed by atoms with van der Waals surface area (Å²) in [4.78, 5) is 0. The maximum atomic E-state index is 2.53. The molecule has 0 aromatic heterocycles. The van der Waals surface area contributed by atoms with Crippen molar-refractivity contribution in [1.82, 2.24) is 0 Å². The summed E-state index contributed by atoms with van der Waals surface area (Å²) in [5.74, 6) is 8.11. The molecule has 18 heavy (non-hydrogen) atoms. The van der Waals surface area contributed by atoms with Gasteiger partial charge in [-0.3, -0.25) is 0 Å². The van der Waals surface area contributed by atoms with Gasteiger partial charge in [-0.1, -0.05) is 60.8 Å². The standard InChI is InChI=1S/C18H34/c1-7-11(3)16-13(5)9-10-15(16)18-14(6)17(18)12(4)8-2/h11-18H,7-10H2,1-6H3. The highest BCUT2D eigenvalue weighted by Gasteiger charge is 2.56. The van der Waals surface area contributed by atoms with Crippen LogP contribution in [0.3, 0.4) is 0 Å². The van der Waals surface area contributed by atoms with Gasteiger partial charge in [0.2, 0.25) is 0 Å². The Kier molecular flexibility index (Phi) is 4.44. The smallest absolute Gasteiger partial charge is 0.0321 e. The Bertz CT molecular complexity index is 269. The van der Waals surface area contributed by atoms with Crippen LogP contribution in [-0.2, 0) is 0 Å². The van der Waals surface area contributed by atoms with E-state index in [-0.39, 0.29) is 0 Å². The van der Waals surface area contributed by atoms with Crippen molar-refractivity contribution < 1.29 is 0 Å². The third kappa shape index (κ3) is 2.37. The third-order valence-corrected chi connectivity index (χ3v) is 6.72. The van der Waals surface area contributed by atoms with E-state index in [1.54, 1.807) is 0 Å². The van der Waals surface area contributed by atoms with Gasteiger partial charge in [0.05, 0.1) is 0 Å². The molecule has 2 fully saturated rings. The largest absolute Gasteiger partial charge is 0.0651 e. The Morgan fingerprint density at radius 1 is 0.889 bits per heavy atom. The first-order valence-electron chi connectivity index (χ1n) is 8.52. The van der Waals surface area contributed by atoms with Gasteiger partial charge >= 0.3 is 0 Å². The van der Waals surface area contributed by atoms with Gasteiger partial charge < -0.3 is 0 Å². The van der Waals surface area contributed by atoms with Crippen molar-refractivity contribution in [2.45, 2.75) is 67.2 Å². The predicted molar refractivity (Wildman–Crippen MR) is 80.4 cm³/mol. The summed E-state index contributed by atoms with van der Waals surface area (Å²) in [5.41, 5.74) is 0. The second-order valence-corrected chi connectivity index (χ2v) is 7.58. The molecule has 0 bridgehead atoms. The maximum absolute atomic E-state index is 2.53. The molecule has 0 radical (unpaired) electrons. The van der Waals surface area contributed by atoms with Crippen LogP contribution in [0.2, 0.25) is 0 Å². The van der Waals surface area contributed by atoms with E-state index in [9.17, 15) is 0 Å². The summed E-state index contributed by atoms with van der Waals surface area (Å²) < 4.78 is 0. The van der Waals surface area contributed by atoms with Gasteiger partial charge in [-0.15, -0.1) is 0 Å². The van der Waals surface area contributed by atoms with Gasteiger partial charge in [0.1, 0.15) is 0 Å². The van der Waals surface area contributed by atoms with E-state index >= 15 is 0 Å². The van der Waals surface area contributed by atoms with Crippen molar-refractivity contribution in [2.24, 2.45) is 47.3 Å². The molecule has 8 atom stereocenters. The Balaban J connectivity index is 2.05. The molecule has 2 saturated carbocycles. The van der Waals surface area contributed by atoms with E-state index in [2.05, 4.69) is 41.5 Å². The first kappa shape index (κ1) is 14.4. The van der Waals surface area contributed by atoms with E-state index in [1.807, 2.05) is 0 Å². The van der Waals surface area contributed by atoms with Crippen LogP contribution in [0.5, 0.6) is 0 Å². The van der Waals surface area contributed by atoms with Crippen LogP contribution in [0.4, 0.5) is 0 Å². The average Bonchev–Trinajstić information content (AvgIpc) is 2.88. The molecule has 0 heterocycles. The second kappa shape index (κ2) is 5.55. The summed E-state index contributed by atoms with van der Waals surface area (Å²) in [6.45, 7) is 14.8. The molecule has 0 saturated heterocycles. The fourth-order valence-electron chi connectivity index (χ4n) is 5.34. The highest BCUT2D eigenvalue weighted by molar-refractivity contribution is 5.04. The normalized spacial score (nSPS) is 47.0. The molecular weight excluding hydrogens is 216 g/mol. The van der Waals surface area contributed by atoms with E-state index in [1.165, 1.54) is 25.7 Å². The van der Waals surface area contributed by atoms with Gasteiger partial charge in [-0.2, -0.15) is 0 Å². The van der Waals surface area contributed by atoms with Crippen molar-refractivity contribution in [2.75, 3.05) is 0 Å². The first-order chi connectivity index (χ1) is 8.52. The molecule has 0 aromatic rings. The molecule has 0 nitrogen and oxygen atoms in total. The lowest BCUT2D eigenvalue weighted by Gasteiger charge is -2.29. The minimum atomic E-state index is 0.942. The molecule has 0 aromatic carbocycles. The zero-order valence-electron chi connectivity index (χ0n) is 13.4. The monoisotopic (exact) mass is 250 g/mol. The molecule has 2 aliphatic carbocycles. The Labute approximate surface area is 115 Å². The van der Waals surface area contributed by atoms with Gasteiger partial charge in [0.15, 0.2) is 0 Å². The minimum absolute atomic E-state index is 0.942. The summed E-state index contributed by atoms with van der Waals surface area (Å²) in [6.07, 6.45) is 5.77. The molecule has 0 spiro atoms. The summed E-state index contributed by atoms with van der Waals surface area (Å²) >= 11 is 0. The fourth-order valence-corrected chi connectivity index (χ4v) is 5.34. The van der Waals surface area contributed by atoms with E-state index in [0.29, 0.717) is 0 Å². The van der Waals surface area contributed by atoms with Crippen molar-refractivity contribution >= 4 is 0 Å². The second-order valence-electron chi connectivity index (χ2n) is 7.58. The number of hydrogen-bond acceptors (Lipinski definition) is 0. The quantitative estimate of drug-likeness (QED) is 0.594. The molecule has 106 valence electrons. The van der Waals surface area contributed by atoms with Crippen LogP contribution in [0.25, 0.3) is 0 Å². The van der Waals surface area contributed by atoms with Crippen LogP contribution in [0.15, 0.2) is 0 Å². The van der Waals surface area contributed by atoms with Crippen LogP contribution >= 0.6 is 0 Å². The van der Waals surface area contributed by atoms with Crippen LogP contribution in [0.1, 0.15) is 67.2 Å². The molecule has 2 aliphatic rings. The van der Waals surface area contributed by atoms with Crippen LogP contribution in [-0.4, -0.2) is 0 Å². The van der Waals surface area contributed by atoms with E-state index in [4.69, 9.17) is 0 Å². The predicted octanol–water partition coefficient (Wildman–Crippen LogP) is 5.62.